The fourth-order valence-electron chi connectivity index (χ4n) is 1.29. The van der Waals surface area contributed by atoms with Gasteiger partial charge in [0, 0.05) is 0 Å². The first-order valence-corrected chi connectivity index (χ1v) is 3.82. The zero-order chi connectivity index (χ0) is 9.42. The Labute approximate surface area is 74.2 Å². The molecule has 1 aliphatic heterocycles. The first-order valence-electron chi connectivity index (χ1n) is 3.82. The molecule has 2 rings (SSSR count). The molecule has 66 valence electrons. The molecule has 1 heterocycles. The van der Waals surface area contributed by atoms with Crippen molar-refractivity contribution < 1.29 is 14.7 Å². The summed E-state index contributed by atoms with van der Waals surface area (Å²) in [6.07, 6.45) is 0. The van der Waals surface area contributed by atoms with E-state index in [1.807, 2.05) is 0 Å². The number of fused-ring (bicyclic) bond motifs is 1. The minimum Gasteiger partial charge on any atom is -0.392 e. The van der Waals surface area contributed by atoms with Crippen LogP contribution in [0, 0.1) is 0 Å². The Balaban J connectivity index is 2.52. The Bertz CT molecular complexity index is 398. The SMILES string of the molecule is O=C1Nc2cc(CO)ccc2C1=O. The van der Waals surface area contributed by atoms with Crippen LogP contribution in [0.2, 0.25) is 0 Å². The van der Waals surface area contributed by atoms with Gasteiger partial charge in [0.2, 0.25) is 0 Å². The van der Waals surface area contributed by atoms with Gasteiger partial charge in [-0.15, -0.1) is 0 Å². The Morgan fingerprint density at radius 1 is 1.31 bits per heavy atom. The summed E-state index contributed by atoms with van der Waals surface area (Å²) in [5.41, 5.74) is 1.54. The normalized spacial score (nSPS) is 14.2. The second-order valence-electron chi connectivity index (χ2n) is 2.82. The number of aliphatic hydroxyl groups is 1. The van der Waals surface area contributed by atoms with E-state index >= 15 is 0 Å². The van der Waals surface area contributed by atoms with E-state index in [4.69, 9.17) is 5.11 Å². The van der Waals surface area contributed by atoms with E-state index < -0.39 is 11.7 Å². The van der Waals surface area contributed by atoms with Crippen molar-refractivity contribution in [3.63, 3.8) is 0 Å². The lowest BCUT2D eigenvalue weighted by Gasteiger charge is -1.99. The van der Waals surface area contributed by atoms with Crippen LogP contribution in [0.3, 0.4) is 0 Å². The van der Waals surface area contributed by atoms with Crippen LogP contribution in [0.1, 0.15) is 15.9 Å². The maximum absolute atomic E-state index is 11.1. The van der Waals surface area contributed by atoms with Gasteiger partial charge in [-0.3, -0.25) is 9.59 Å². The molecule has 0 radical (unpaired) electrons. The fourth-order valence-corrected chi connectivity index (χ4v) is 1.29. The molecule has 13 heavy (non-hydrogen) atoms. The Morgan fingerprint density at radius 3 is 2.77 bits per heavy atom. The van der Waals surface area contributed by atoms with Gasteiger partial charge in [0.15, 0.2) is 0 Å². The van der Waals surface area contributed by atoms with Crippen LogP contribution in [0.15, 0.2) is 18.2 Å². The van der Waals surface area contributed by atoms with Crippen molar-refractivity contribution in [2.75, 3.05) is 5.32 Å². The molecule has 0 unspecified atom stereocenters. The van der Waals surface area contributed by atoms with Gasteiger partial charge in [0.05, 0.1) is 17.9 Å². The summed E-state index contributed by atoms with van der Waals surface area (Å²) in [4.78, 5) is 22.0. The molecule has 4 nitrogen and oxygen atoms in total. The van der Waals surface area contributed by atoms with E-state index in [2.05, 4.69) is 5.32 Å². The average molecular weight is 177 g/mol. The Kier molecular flexibility index (Phi) is 1.63. The predicted octanol–water partition coefficient (Wildman–Crippen LogP) is 0.314. The number of anilines is 1. The smallest absolute Gasteiger partial charge is 0.296 e. The van der Waals surface area contributed by atoms with Crippen LogP contribution in [-0.2, 0) is 11.4 Å². The third-order valence-corrected chi connectivity index (χ3v) is 1.97. The number of carbonyl (C=O) groups is 2. The molecule has 0 spiro atoms. The minimum atomic E-state index is -0.606. The average Bonchev–Trinajstić information content (AvgIpc) is 2.42. The van der Waals surface area contributed by atoms with Crippen LogP contribution >= 0.6 is 0 Å². The van der Waals surface area contributed by atoms with Gasteiger partial charge >= 0.3 is 0 Å². The number of hydrogen-bond acceptors (Lipinski definition) is 3. The van der Waals surface area contributed by atoms with Crippen molar-refractivity contribution in [2.24, 2.45) is 0 Å². The highest BCUT2D eigenvalue weighted by atomic mass is 16.3. The molecule has 4 heteroatoms. The van der Waals surface area contributed by atoms with E-state index in [0.717, 1.165) is 0 Å². The van der Waals surface area contributed by atoms with E-state index in [1.165, 1.54) is 0 Å². The summed E-state index contributed by atoms with van der Waals surface area (Å²) in [6.45, 7) is -0.0999. The highest BCUT2D eigenvalue weighted by Crippen LogP contribution is 2.23. The number of ketones is 1. The lowest BCUT2D eigenvalue weighted by molar-refractivity contribution is -0.112. The zero-order valence-electron chi connectivity index (χ0n) is 6.70. The fraction of sp³-hybridized carbons (Fsp3) is 0.111. The quantitative estimate of drug-likeness (QED) is 0.607. The topological polar surface area (TPSA) is 66.4 Å². The summed E-state index contributed by atoms with van der Waals surface area (Å²) < 4.78 is 0. The molecular weight excluding hydrogens is 170 g/mol. The second-order valence-corrected chi connectivity index (χ2v) is 2.82. The largest absolute Gasteiger partial charge is 0.392 e. The summed E-state index contributed by atoms with van der Waals surface area (Å²) in [7, 11) is 0. The molecule has 1 amide bonds. The number of hydrogen-bond donors (Lipinski definition) is 2. The molecule has 0 fully saturated rings. The summed E-state index contributed by atoms with van der Waals surface area (Å²) in [6, 6.07) is 4.76. The number of benzene rings is 1. The number of rotatable bonds is 1. The first kappa shape index (κ1) is 7.94. The highest BCUT2D eigenvalue weighted by molar-refractivity contribution is 6.51. The molecule has 0 aromatic heterocycles. The standard InChI is InChI=1S/C9H7NO3/c11-4-5-1-2-6-7(3-5)10-9(13)8(6)12/h1-3,11H,4H2,(H,10,12,13). The van der Waals surface area contributed by atoms with Crippen molar-refractivity contribution in [3.05, 3.63) is 29.3 Å². The van der Waals surface area contributed by atoms with Crippen molar-refractivity contribution >= 4 is 17.4 Å². The lowest BCUT2D eigenvalue weighted by atomic mass is 10.1. The van der Waals surface area contributed by atoms with Gasteiger partial charge in [0.25, 0.3) is 11.7 Å². The lowest BCUT2D eigenvalue weighted by Crippen LogP contribution is -2.12. The van der Waals surface area contributed by atoms with Gasteiger partial charge in [-0.25, -0.2) is 0 Å². The molecule has 1 aromatic carbocycles. The zero-order valence-corrected chi connectivity index (χ0v) is 6.70. The number of amides is 1. The van der Waals surface area contributed by atoms with E-state index in [9.17, 15) is 9.59 Å². The van der Waals surface area contributed by atoms with E-state index in [1.54, 1.807) is 18.2 Å². The highest BCUT2D eigenvalue weighted by Gasteiger charge is 2.27. The number of nitrogens with one attached hydrogen (secondary N) is 1. The van der Waals surface area contributed by atoms with Crippen molar-refractivity contribution in [1.29, 1.82) is 0 Å². The number of aliphatic hydroxyl groups excluding tert-OH is 1. The predicted molar refractivity (Wildman–Crippen MR) is 45.3 cm³/mol. The van der Waals surface area contributed by atoms with Crippen LogP contribution in [-0.4, -0.2) is 16.8 Å². The minimum absolute atomic E-state index is 0.0999. The molecule has 1 aromatic rings. The van der Waals surface area contributed by atoms with Crippen LogP contribution < -0.4 is 5.32 Å². The van der Waals surface area contributed by atoms with Gasteiger partial charge in [-0.2, -0.15) is 0 Å². The van der Waals surface area contributed by atoms with Crippen LogP contribution in [0.5, 0.6) is 0 Å². The summed E-state index contributed by atoms with van der Waals surface area (Å²) in [5.74, 6) is -1.12. The van der Waals surface area contributed by atoms with E-state index in [-0.39, 0.29) is 6.61 Å². The molecule has 0 atom stereocenters. The first-order chi connectivity index (χ1) is 6.22. The second kappa shape index (κ2) is 2.67. The maximum atomic E-state index is 11.1. The molecular formula is C9H7NO3. The Hall–Kier alpha value is -1.68. The summed E-state index contributed by atoms with van der Waals surface area (Å²) >= 11 is 0. The molecule has 2 N–H and O–H groups in total. The third-order valence-electron chi connectivity index (χ3n) is 1.97. The summed E-state index contributed by atoms with van der Waals surface area (Å²) in [5, 5.41) is 11.2. The van der Waals surface area contributed by atoms with Crippen molar-refractivity contribution in [2.45, 2.75) is 6.61 Å². The monoisotopic (exact) mass is 177 g/mol. The van der Waals surface area contributed by atoms with Gasteiger partial charge in [-0.05, 0) is 17.7 Å². The van der Waals surface area contributed by atoms with Gasteiger partial charge < -0.3 is 10.4 Å². The molecule has 0 bridgehead atoms. The van der Waals surface area contributed by atoms with Crippen molar-refractivity contribution in [1.82, 2.24) is 0 Å². The third kappa shape index (κ3) is 1.11. The maximum Gasteiger partial charge on any atom is 0.296 e. The van der Waals surface area contributed by atoms with E-state index in [0.29, 0.717) is 16.8 Å². The van der Waals surface area contributed by atoms with Crippen molar-refractivity contribution in [3.8, 4) is 0 Å². The van der Waals surface area contributed by atoms with Crippen LogP contribution in [0.25, 0.3) is 0 Å². The van der Waals surface area contributed by atoms with Gasteiger partial charge in [0.1, 0.15) is 0 Å². The molecule has 0 aliphatic carbocycles. The van der Waals surface area contributed by atoms with Crippen LogP contribution in [0.4, 0.5) is 5.69 Å². The Morgan fingerprint density at radius 2 is 2.08 bits per heavy atom. The van der Waals surface area contributed by atoms with Gasteiger partial charge in [-0.1, -0.05) is 6.07 Å². The number of Topliss-reactive ketones (excluding diaryl/α,β-unsaturated/α-hetero) is 1. The molecule has 0 saturated heterocycles. The number of carbonyl (C=O) groups excluding carboxylic acids is 2. The molecule has 1 aliphatic rings. The molecule has 0 saturated carbocycles.